The smallest absolute Gasteiger partial charge is 0.245 e. The quantitative estimate of drug-likeness (QED) is 0.902. The summed E-state index contributed by atoms with van der Waals surface area (Å²) in [6.07, 6.45) is 1.42. The standard InChI is InChI=1S/C17H21N3O4S/c1-11-6-7-14(18-13(3)21)17(9-11)25(22,23)20-8-4-5-15(20)16-10-12(2)19-24-16/h6-7,9-10,15H,4-5,8H2,1-3H3,(H,18,21)/t15-/m1/s1. The minimum absolute atomic E-state index is 0.103. The van der Waals surface area contributed by atoms with Crippen molar-refractivity contribution in [3.05, 3.63) is 41.3 Å². The first-order chi connectivity index (χ1) is 11.8. The molecule has 1 amide bonds. The largest absolute Gasteiger partial charge is 0.359 e. The normalized spacial score (nSPS) is 18.4. The van der Waals surface area contributed by atoms with Gasteiger partial charge >= 0.3 is 0 Å². The van der Waals surface area contributed by atoms with Gasteiger partial charge in [0.05, 0.1) is 17.4 Å². The second kappa shape index (κ2) is 6.61. The zero-order valence-electron chi connectivity index (χ0n) is 14.4. The first-order valence-corrected chi connectivity index (χ1v) is 9.56. The van der Waals surface area contributed by atoms with E-state index in [4.69, 9.17) is 4.52 Å². The lowest BCUT2D eigenvalue weighted by atomic mass is 10.2. The van der Waals surface area contributed by atoms with Gasteiger partial charge in [-0.15, -0.1) is 0 Å². The van der Waals surface area contributed by atoms with Crippen LogP contribution < -0.4 is 5.32 Å². The predicted octanol–water partition coefficient (Wildman–Crippen LogP) is 2.78. The molecule has 1 aliphatic heterocycles. The molecule has 1 fully saturated rings. The highest BCUT2D eigenvalue weighted by molar-refractivity contribution is 7.89. The van der Waals surface area contributed by atoms with E-state index in [1.807, 2.05) is 6.92 Å². The Hall–Kier alpha value is -2.19. The Bertz CT molecular complexity index is 904. The van der Waals surface area contributed by atoms with Crippen molar-refractivity contribution in [1.29, 1.82) is 0 Å². The maximum absolute atomic E-state index is 13.3. The molecule has 0 radical (unpaired) electrons. The number of nitrogens with zero attached hydrogens (tertiary/aromatic N) is 2. The number of rotatable bonds is 4. The van der Waals surface area contributed by atoms with Crippen molar-refractivity contribution in [2.24, 2.45) is 0 Å². The first-order valence-electron chi connectivity index (χ1n) is 8.12. The number of aromatic nitrogens is 1. The molecule has 1 N–H and O–H groups in total. The van der Waals surface area contributed by atoms with Crippen LogP contribution in [0.2, 0.25) is 0 Å². The fraction of sp³-hybridized carbons (Fsp3) is 0.412. The number of anilines is 1. The Morgan fingerprint density at radius 1 is 1.32 bits per heavy atom. The van der Waals surface area contributed by atoms with E-state index in [2.05, 4.69) is 10.5 Å². The molecule has 0 bridgehead atoms. The van der Waals surface area contributed by atoms with E-state index in [9.17, 15) is 13.2 Å². The van der Waals surface area contributed by atoms with Crippen molar-refractivity contribution in [3.63, 3.8) is 0 Å². The van der Waals surface area contributed by atoms with Crippen molar-refractivity contribution in [2.45, 2.75) is 44.6 Å². The van der Waals surface area contributed by atoms with Crippen molar-refractivity contribution in [1.82, 2.24) is 9.46 Å². The van der Waals surface area contributed by atoms with Gasteiger partial charge in [0.15, 0.2) is 5.76 Å². The minimum atomic E-state index is -3.79. The molecular weight excluding hydrogens is 342 g/mol. The van der Waals surface area contributed by atoms with Crippen molar-refractivity contribution in [3.8, 4) is 0 Å². The summed E-state index contributed by atoms with van der Waals surface area (Å²) in [6.45, 7) is 5.38. The highest BCUT2D eigenvalue weighted by Crippen LogP contribution is 2.38. The second-order valence-electron chi connectivity index (χ2n) is 6.33. The van der Waals surface area contributed by atoms with Crippen LogP contribution in [-0.4, -0.2) is 30.3 Å². The number of hydrogen-bond donors (Lipinski definition) is 1. The maximum atomic E-state index is 13.3. The monoisotopic (exact) mass is 363 g/mol. The van der Waals surface area contributed by atoms with Crippen LogP contribution in [0.3, 0.4) is 0 Å². The van der Waals surface area contributed by atoms with E-state index in [1.54, 1.807) is 31.2 Å². The van der Waals surface area contributed by atoms with Crippen LogP contribution in [0, 0.1) is 13.8 Å². The lowest BCUT2D eigenvalue weighted by Gasteiger charge is -2.23. The Labute approximate surface area is 147 Å². The predicted molar refractivity (Wildman–Crippen MR) is 92.6 cm³/mol. The van der Waals surface area contributed by atoms with Crippen LogP contribution >= 0.6 is 0 Å². The van der Waals surface area contributed by atoms with Crippen LogP contribution in [0.4, 0.5) is 5.69 Å². The van der Waals surface area contributed by atoms with Gasteiger partial charge in [-0.25, -0.2) is 8.42 Å². The molecule has 0 aliphatic carbocycles. The van der Waals surface area contributed by atoms with Gasteiger partial charge < -0.3 is 9.84 Å². The van der Waals surface area contributed by atoms with Gasteiger partial charge in [-0.05, 0) is 44.4 Å². The van der Waals surface area contributed by atoms with Crippen molar-refractivity contribution < 1.29 is 17.7 Å². The van der Waals surface area contributed by atoms with Crippen LogP contribution in [0.15, 0.2) is 33.7 Å². The summed E-state index contributed by atoms with van der Waals surface area (Å²) < 4.78 is 33.3. The van der Waals surface area contributed by atoms with E-state index < -0.39 is 10.0 Å². The van der Waals surface area contributed by atoms with Crippen molar-refractivity contribution in [2.75, 3.05) is 11.9 Å². The van der Waals surface area contributed by atoms with Gasteiger partial charge in [0.1, 0.15) is 4.90 Å². The summed E-state index contributed by atoms with van der Waals surface area (Å²) in [7, 11) is -3.79. The molecular formula is C17H21N3O4S. The molecule has 1 aromatic carbocycles. The molecule has 1 atom stereocenters. The topological polar surface area (TPSA) is 92.5 Å². The SMILES string of the molecule is CC(=O)Nc1ccc(C)cc1S(=O)(=O)N1CCC[C@@H]1c1cc(C)no1. The van der Waals surface area contributed by atoms with Gasteiger partial charge in [-0.2, -0.15) is 4.31 Å². The van der Waals surface area contributed by atoms with Gasteiger partial charge in [0, 0.05) is 19.5 Å². The van der Waals surface area contributed by atoms with Crippen molar-refractivity contribution >= 4 is 21.6 Å². The number of nitrogens with one attached hydrogen (secondary N) is 1. The molecule has 25 heavy (non-hydrogen) atoms. The molecule has 8 heteroatoms. The summed E-state index contributed by atoms with van der Waals surface area (Å²) in [5, 5.41) is 6.48. The van der Waals surface area contributed by atoms with Gasteiger partial charge in [-0.1, -0.05) is 11.2 Å². The van der Waals surface area contributed by atoms with Gasteiger partial charge in [0.2, 0.25) is 15.9 Å². The molecule has 7 nitrogen and oxygen atoms in total. The number of carbonyl (C=O) groups excluding carboxylic acids is 1. The lowest BCUT2D eigenvalue weighted by molar-refractivity contribution is -0.114. The number of hydrogen-bond acceptors (Lipinski definition) is 5. The molecule has 0 unspecified atom stereocenters. The fourth-order valence-electron chi connectivity index (χ4n) is 3.11. The number of aryl methyl sites for hydroxylation is 2. The van der Waals surface area contributed by atoms with Crippen LogP contribution in [-0.2, 0) is 14.8 Å². The summed E-state index contributed by atoms with van der Waals surface area (Å²) in [6, 6.07) is 6.36. The fourth-order valence-corrected chi connectivity index (χ4v) is 5.01. The molecule has 2 aromatic rings. The van der Waals surface area contributed by atoms with E-state index >= 15 is 0 Å². The third-order valence-electron chi connectivity index (χ3n) is 4.21. The lowest BCUT2D eigenvalue weighted by Crippen LogP contribution is -2.31. The minimum Gasteiger partial charge on any atom is -0.359 e. The number of benzene rings is 1. The summed E-state index contributed by atoms with van der Waals surface area (Å²) in [5.74, 6) is 0.233. The Morgan fingerprint density at radius 2 is 2.08 bits per heavy atom. The van der Waals surface area contributed by atoms with Crippen LogP contribution in [0.1, 0.15) is 42.8 Å². The number of amides is 1. The molecule has 1 saturated heterocycles. The molecule has 0 saturated carbocycles. The molecule has 1 aromatic heterocycles. The van der Waals surface area contributed by atoms with E-state index in [0.29, 0.717) is 24.4 Å². The molecule has 0 spiro atoms. The average molecular weight is 363 g/mol. The summed E-state index contributed by atoms with van der Waals surface area (Å²) >= 11 is 0. The summed E-state index contributed by atoms with van der Waals surface area (Å²) in [4.78, 5) is 11.5. The average Bonchev–Trinajstić information content (AvgIpc) is 3.17. The van der Waals surface area contributed by atoms with Gasteiger partial charge in [0.25, 0.3) is 0 Å². The number of carbonyl (C=O) groups is 1. The second-order valence-corrected chi connectivity index (χ2v) is 8.18. The van der Waals surface area contributed by atoms with E-state index in [0.717, 1.165) is 12.0 Å². The van der Waals surface area contributed by atoms with Crippen LogP contribution in [0.25, 0.3) is 0 Å². The van der Waals surface area contributed by atoms with E-state index in [1.165, 1.54) is 11.2 Å². The zero-order valence-corrected chi connectivity index (χ0v) is 15.3. The summed E-state index contributed by atoms with van der Waals surface area (Å²) in [5.41, 5.74) is 1.81. The molecule has 1 aliphatic rings. The third-order valence-corrected chi connectivity index (χ3v) is 6.16. The molecule has 3 rings (SSSR count). The first kappa shape index (κ1) is 17.6. The third kappa shape index (κ3) is 3.45. The van der Waals surface area contributed by atoms with E-state index in [-0.39, 0.29) is 22.5 Å². The Kier molecular flexibility index (Phi) is 4.66. The molecule has 2 heterocycles. The Balaban J connectivity index is 2.04. The van der Waals surface area contributed by atoms with Crippen LogP contribution in [0.5, 0.6) is 0 Å². The zero-order chi connectivity index (χ0) is 18.2. The number of sulfonamides is 1. The Morgan fingerprint density at radius 3 is 2.72 bits per heavy atom. The van der Waals surface area contributed by atoms with Gasteiger partial charge in [-0.3, -0.25) is 4.79 Å². The maximum Gasteiger partial charge on any atom is 0.245 e. The highest BCUT2D eigenvalue weighted by atomic mass is 32.2. The molecule has 134 valence electrons. The highest BCUT2D eigenvalue weighted by Gasteiger charge is 2.39.